The van der Waals surface area contributed by atoms with Crippen LogP contribution >= 0.6 is 0 Å². The van der Waals surface area contributed by atoms with Crippen LogP contribution in [0.5, 0.6) is 0 Å². The summed E-state index contributed by atoms with van der Waals surface area (Å²) < 4.78 is 10.4. The van der Waals surface area contributed by atoms with Crippen LogP contribution in [0.15, 0.2) is 45.7 Å². The first-order valence-corrected chi connectivity index (χ1v) is 9.15. The first-order valence-electron chi connectivity index (χ1n) is 9.15. The molecule has 144 valence electrons. The molecule has 0 saturated carbocycles. The Hall–Kier alpha value is -2.42. The Morgan fingerprint density at radius 3 is 2.59 bits per heavy atom. The highest BCUT2D eigenvalue weighted by atomic mass is 16.5. The molecular formula is C19H23N3O5. The van der Waals surface area contributed by atoms with Gasteiger partial charge in [0.1, 0.15) is 5.60 Å². The lowest BCUT2D eigenvalue weighted by molar-refractivity contribution is -0.113. The van der Waals surface area contributed by atoms with Gasteiger partial charge in [0.15, 0.2) is 0 Å². The molecule has 2 aliphatic rings. The van der Waals surface area contributed by atoms with Crippen LogP contribution in [-0.2, 0) is 10.3 Å². The number of H-pyrrole nitrogens is 1. The fraction of sp³-hybridized carbons (Fsp3) is 0.474. The predicted molar refractivity (Wildman–Crippen MR) is 96.4 cm³/mol. The van der Waals surface area contributed by atoms with Gasteiger partial charge in [-0.15, -0.1) is 0 Å². The van der Waals surface area contributed by atoms with Gasteiger partial charge in [0.25, 0.3) is 11.5 Å². The van der Waals surface area contributed by atoms with E-state index in [2.05, 4.69) is 10.1 Å². The van der Waals surface area contributed by atoms with Crippen molar-refractivity contribution < 1.29 is 19.2 Å². The van der Waals surface area contributed by atoms with Crippen LogP contribution < -0.4 is 5.56 Å². The fourth-order valence-electron chi connectivity index (χ4n) is 4.02. The third kappa shape index (κ3) is 3.43. The number of nitrogens with one attached hydrogen (secondary N) is 1. The molecule has 0 unspecified atom stereocenters. The number of piperidine rings is 1. The minimum Gasteiger partial charge on any atom is -0.383 e. The highest BCUT2D eigenvalue weighted by Gasteiger charge is 2.47. The van der Waals surface area contributed by atoms with E-state index in [-0.39, 0.29) is 17.7 Å². The zero-order valence-electron chi connectivity index (χ0n) is 15.0. The molecule has 2 aromatic rings. The summed E-state index contributed by atoms with van der Waals surface area (Å²) in [5.74, 6) is -0.354. The van der Waals surface area contributed by atoms with Crippen molar-refractivity contribution in [3.63, 3.8) is 0 Å². The number of hydrogen-bond donors (Lipinski definition) is 2. The summed E-state index contributed by atoms with van der Waals surface area (Å²) in [6.45, 7) is 3.31. The van der Waals surface area contributed by atoms with E-state index in [1.54, 1.807) is 4.90 Å². The molecule has 1 aromatic heterocycles. The number of morpholine rings is 1. The number of ether oxygens (including phenoxy) is 1. The molecule has 27 heavy (non-hydrogen) atoms. The van der Waals surface area contributed by atoms with E-state index in [4.69, 9.17) is 9.26 Å². The molecule has 8 heteroatoms. The number of likely N-dealkylation sites (tertiary alicyclic amines) is 1. The summed E-state index contributed by atoms with van der Waals surface area (Å²) in [5, 5.41) is 13.8. The number of rotatable bonds is 3. The molecule has 1 amide bonds. The van der Waals surface area contributed by atoms with E-state index in [0.29, 0.717) is 45.8 Å². The minimum absolute atomic E-state index is 0.00845. The van der Waals surface area contributed by atoms with Crippen molar-refractivity contribution in [3.8, 4) is 0 Å². The molecule has 2 N–H and O–H groups in total. The Kier molecular flexibility index (Phi) is 4.86. The molecule has 0 aliphatic carbocycles. The van der Waals surface area contributed by atoms with Crippen molar-refractivity contribution in [1.29, 1.82) is 0 Å². The average molecular weight is 373 g/mol. The van der Waals surface area contributed by atoms with Crippen molar-refractivity contribution in [1.82, 2.24) is 15.0 Å². The zero-order chi connectivity index (χ0) is 18.9. The van der Waals surface area contributed by atoms with Crippen LogP contribution in [0.4, 0.5) is 0 Å². The topological polar surface area (TPSA) is 99.0 Å². The number of hydrogen-bond acceptors (Lipinski definition) is 6. The lowest BCUT2D eigenvalue weighted by atomic mass is 9.79. The van der Waals surface area contributed by atoms with Gasteiger partial charge in [0.05, 0.1) is 25.3 Å². The normalized spacial score (nSPS) is 26.9. The first-order chi connectivity index (χ1) is 13.1. The Bertz CT molecular complexity index is 842. The van der Waals surface area contributed by atoms with Crippen LogP contribution in [0.2, 0.25) is 0 Å². The van der Waals surface area contributed by atoms with E-state index >= 15 is 0 Å². The molecular weight excluding hydrogens is 350 g/mol. The SMILES string of the molecule is O=C(c1cc(=O)[nH]o1)N1CC[C@](O)(c2ccccc2)[C@H](N2CCOCC2)C1. The first kappa shape index (κ1) is 18.0. The number of aromatic nitrogens is 1. The Morgan fingerprint density at radius 1 is 1.19 bits per heavy atom. The third-order valence-corrected chi connectivity index (χ3v) is 5.49. The number of aromatic amines is 1. The highest BCUT2D eigenvalue weighted by molar-refractivity contribution is 5.91. The minimum atomic E-state index is -1.06. The van der Waals surface area contributed by atoms with Crippen molar-refractivity contribution in [2.24, 2.45) is 0 Å². The number of nitrogens with zero attached hydrogens (tertiary/aromatic N) is 2. The summed E-state index contributed by atoms with van der Waals surface area (Å²) in [6.07, 6.45) is 0.402. The Labute approximate surface area is 156 Å². The number of carbonyl (C=O) groups excluding carboxylic acids is 1. The van der Waals surface area contributed by atoms with Crippen molar-refractivity contribution in [3.05, 3.63) is 58.1 Å². The van der Waals surface area contributed by atoms with Gasteiger partial charge in [-0.3, -0.25) is 14.5 Å². The predicted octanol–water partition coefficient (Wildman–Crippen LogP) is 0.402. The number of amides is 1. The third-order valence-electron chi connectivity index (χ3n) is 5.49. The van der Waals surface area contributed by atoms with E-state index in [0.717, 1.165) is 11.6 Å². The molecule has 8 nitrogen and oxygen atoms in total. The van der Waals surface area contributed by atoms with Gasteiger partial charge >= 0.3 is 0 Å². The number of benzene rings is 1. The zero-order valence-corrected chi connectivity index (χ0v) is 15.0. The smallest absolute Gasteiger partial charge is 0.292 e. The summed E-state index contributed by atoms with van der Waals surface area (Å²) in [7, 11) is 0. The second-order valence-electron chi connectivity index (χ2n) is 7.03. The van der Waals surface area contributed by atoms with Gasteiger partial charge in [-0.25, -0.2) is 0 Å². The maximum Gasteiger partial charge on any atom is 0.292 e. The lowest BCUT2D eigenvalue weighted by Gasteiger charge is -2.50. The van der Waals surface area contributed by atoms with Crippen LogP contribution in [0.25, 0.3) is 0 Å². The second kappa shape index (κ2) is 7.30. The molecule has 3 heterocycles. The van der Waals surface area contributed by atoms with E-state index in [9.17, 15) is 14.7 Å². The quantitative estimate of drug-likeness (QED) is 0.808. The van der Waals surface area contributed by atoms with Crippen molar-refractivity contribution in [2.45, 2.75) is 18.1 Å². The van der Waals surface area contributed by atoms with Gasteiger partial charge in [0, 0.05) is 26.2 Å². The number of carbonyl (C=O) groups is 1. The summed E-state index contributed by atoms with van der Waals surface area (Å²) >= 11 is 0. The largest absolute Gasteiger partial charge is 0.383 e. The molecule has 2 aliphatic heterocycles. The van der Waals surface area contributed by atoms with E-state index in [1.165, 1.54) is 0 Å². The fourth-order valence-corrected chi connectivity index (χ4v) is 4.02. The standard InChI is InChI=1S/C19H23N3O5/c23-17-12-15(27-20-17)18(24)22-7-6-19(25,14-4-2-1-3-5-14)16(13-22)21-8-10-26-11-9-21/h1-5,12,16,25H,6-11,13H2,(H,20,23)/t16-,19+/m1/s1. The Morgan fingerprint density at radius 2 is 1.93 bits per heavy atom. The van der Waals surface area contributed by atoms with Gasteiger partial charge in [-0.2, -0.15) is 5.16 Å². The molecule has 0 radical (unpaired) electrons. The number of aliphatic hydroxyl groups is 1. The van der Waals surface area contributed by atoms with Crippen LogP contribution in [0, 0.1) is 0 Å². The van der Waals surface area contributed by atoms with Gasteiger partial charge in [0.2, 0.25) is 5.76 Å². The van der Waals surface area contributed by atoms with Crippen molar-refractivity contribution in [2.75, 3.05) is 39.4 Å². The van der Waals surface area contributed by atoms with Gasteiger partial charge in [-0.1, -0.05) is 30.3 Å². The second-order valence-corrected chi connectivity index (χ2v) is 7.03. The van der Waals surface area contributed by atoms with E-state index in [1.807, 2.05) is 30.3 Å². The van der Waals surface area contributed by atoms with Crippen LogP contribution in [-0.4, -0.2) is 71.4 Å². The highest BCUT2D eigenvalue weighted by Crippen LogP contribution is 2.36. The monoisotopic (exact) mass is 373 g/mol. The summed E-state index contributed by atoms with van der Waals surface area (Å²) in [5.41, 5.74) is -0.656. The summed E-state index contributed by atoms with van der Waals surface area (Å²) in [4.78, 5) is 27.9. The molecule has 0 bridgehead atoms. The molecule has 2 fully saturated rings. The van der Waals surface area contributed by atoms with Crippen LogP contribution in [0.3, 0.4) is 0 Å². The van der Waals surface area contributed by atoms with Gasteiger partial charge in [-0.05, 0) is 12.0 Å². The van der Waals surface area contributed by atoms with Crippen molar-refractivity contribution >= 4 is 5.91 Å². The van der Waals surface area contributed by atoms with E-state index < -0.39 is 11.2 Å². The van der Waals surface area contributed by atoms with Crippen LogP contribution in [0.1, 0.15) is 22.5 Å². The molecule has 4 rings (SSSR count). The molecule has 1 aromatic carbocycles. The summed E-state index contributed by atoms with van der Waals surface area (Å²) in [6, 6.07) is 10.5. The molecule has 2 atom stereocenters. The molecule has 0 spiro atoms. The Balaban J connectivity index is 1.63. The lowest BCUT2D eigenvalue weighted by Crippen LogP contribution is -2.63. The maximum atomic E-state index is 12.7. The average Bonchev–Trinajstić information content (AvgIpc) is 3.15. The van der Waals surface area contributed by atoms with Gasteiger partial charge < -0.3 is 19.3 Å². The maximum absolute atomic E-state index is 12.7. The molecule has 2 saturated heterocycles.